The molecule has 6 rings (SSSR count). The first-order valence-corrected chi connectivity index (χ1v) is 10.0. The van der Waals surface area contributed by atoms with Crippen LogP contribution in [0.15, 0.2) is 54.7 Å². The SMILES string of the molecule is [C-]#[N+]c1ccc2c(c1)C1(COc3cc4c(cc31)OCCO4)C(=O)N2Cc1ccccn1. The van der Waals surface area contributed by atoms with Gasteiger partial charge in [0.25, 0.3) is 0 Å². The van der Waals surface area contributed by atoms with Crippen molar-refractivity contribution in [2.75, 3.05) is 24.7 Å². The Hall–Kier alpha value is -4.05. The first-order valence-electron chi connectivity index (χ1n) is 10.0. The number of aromatic nitrogens is 1. The number of nitrogens with zero attached hydrogens (tertiary/aromatic N) is 3. The number of benzene rings is 2. The zero-order chi connectivity index (χ0) is 21.0. The topological polar surface area (TPSA) is 65.2 Å². The van der Waals surface area contributed by atoms with Crippen molar-refractivity contribution in [3.05, 3.63) is 83.0 Å². The fraction of sp³-hybridized carbons (Fsp3) is 0.208. The fourth-order valence-corrected chi connectivity index (χ4v) is 4.62. The lowest BCUT2D eigenvalue weighted by molar-refractivity contribution is -0.122. The van der Waals surface area contributed by atoms with E-state index in [4.69, 9.17) is 20.8 Å². The molecule has 7 heteroatoms. The van der Waals surface area contributed by atoms with Gasteiger partial charge in [-0.3, -0.25) is 9.78 Å². The van der Waals surface area contributed by atoms with Gasteiger partial charge in [0.2, 0.25) is 5.91 Å². The standard InChI is InChI=1S/C24H17N3O4/c1-25-15-5-6-19-17(10-15)24(23(28)27(19)13-16-4-2-3-7-26-16)14-31-20-12-22-21(11-18(20)24)29-8-9-30-22/h2-7,10-12H,8-9,13-14H2. The number of hydrogen-bond donors (Lipinski definition) is 0. The number of pyridine rings is 1. The molecule has 3 aromatic rings. The highest BCUT2D eigenvalue weighted by molar-refractivity contribution is 6.11. The summed E-state index contributed by atoms with van der Waals surface area (Å²) in [5.74, 6) is 1.74. The highest BCUT2D eigenvalue weighted by atomic mass is 16.6. The number of amides is 1. The van der Waals surface area contributed by atoms with E-state index in [9.17, 15) is 4.79 Å². The van der Waals surface area contributed by atoms with Crippen LogP contribution in [0.25, 0.3) is 4.85 Å². The minimum absolute atomic E-state index is 0.0919. The molecule has 1 atom stereocenters. The van der Waals surface area contributed by atoms with Crippen molar-refractivity contribution < 1.29 is 19.0 Å². The summed E-state index contributed by atoms with van der Waals surface area (Å²) in [5.41, 5.74) is 2.53. The van der Waals surface area contributed by atoms with Gasteiger partial charge in [-0.15, -0.1) is 0 Å². The fourth-order valence-electron chi connectivity index (χ4n) is 4.62. The second kappa shape index (κ2) is 6.47. The zero-order valence-corrected chi connectivity index (χ0v) is 16.5. The highest BCUT2D eigenvalue weighted by Gasteiger charge is 2.57. The van der Waals surface area contributed by atoms with Crippen LogP contribution < -0.4 is 19.1 Å². The van der Waals surface area contributed by atoms with Crippen LogP contribution in [0.1, 0.15) is 16.8 Å². The normalized spacial score (nSPS) is 20.2. The molecule has 152 valence electrons. The summed E-state index contributed by atoms with van der Waals surface area (Å²) in [5, 5.41) is 0. The van der Waals surface area contributed by atoms with Gasteiger partial charge < -0.3 is 19.1 Å². The Morgan fingerprint density at radius 1 is 1.00 bits per heavy atom. The molecule has 0 saturated heterocycles. The molecule has 0 fully saturated rings. The summed E-state index contributed by atoms with van der Waals surface area (Å²) in [4.78, 5) is 23.7. The van der Waals surface area contributed by atoms with Crippen molar-refractivity contribution in [3.8, 4) is 17.2 Å². The van der Waals surface area contributed by atoms with Crippen LogP contribution in [0.5, 0.6) is 17.2 Å². The maximum absolute atomic E-state index is 14.0. The van der Waals surface area contributed by atoms with Crippen molar-refractivity contribution in [2.45, 2.75) is 12.0 Å². The van der Waals surface area contributed by atoms with Crippen molar-refractivity contribution >= 4 is 17.3 Å². The van der Waals surface area contributed by atoms with Crippen LogP contribution in [-0.2, 0) is 16.8 Å². The van der Waals surface area contributed by atoms with Gasteiger partial charge in [-0.25, -0.2) is 4.85 Å². The number of ether oxygens (including phenoxy) is 3. The van der Waals surface area contributed by atoms with Gasteiger partial charge in [-0.05, 0) is 35.9 Å². The Balaban J connectivity index is 1.54. The Bertz CT molecular complexity index is 1270. The lowest BCUT2D eigenvalue weighted by Crippen LogP contribution is -2.42. The molecule has 1 amide bonds. The third kappa shape index (κ3) is 2.45. The number of fused-ring (bicyclic) bond motifs is 5. The van der Waals surface area contributed by atoms with E-state index in [-0.39, 0.29) is 12.5 Å². The van der Waals surface area contributed by atoms with Crippen molar-refractivity contribution in [1.82, 2.24) is 4.98 Å². The number of rotatable bonds is 2. The predicted octanol–water partition coefficient (Wildman–Crippen LogP) is 3.63. The number of carbonyl (C=O) groups excluding carboxylic acids is 1. The molecule has 0 N–H and O–H groups in total. The predicted molar refractivity (Wildman–Crippen MR) is 112 cm³/mol. The molecule has 3 aliphatic rings. The average molecular weight is 411 g/mol. The van der Waals surface area contributed by atoms with E-state index in [1.165, 1.54) is 0 Å². The maximum Gasteiger partial charge on any atom is 0.246 e. The van der Waals surface area contributed by atoms with Crippen LogP contribution >= 0.6 is 0 Å². The largest absolute Gasteiger partial charge is 0.491 e. The van der Waals surface area contributed by atoms with Gasteiger partial charge in [0.05, 0.1) is 18.8 Å². The van der Waals surface area contributed by atoms with E-state index in [0.29, 0.717) is 42.7 Å². The third-order valence-corrected chi connectivity index (χ3v) is 6.06. The van der Waals surface area contributed by atoms with E-state index in [1.54, 1.807) is 29.3 Å². The summed E-state index contributed by atoms with van der Waals surface area (Å²) in [7, 11) is 0. The van der Waals surface area contributed by atoms with Gasteiger partial charge in [0.1, 0.15) is 31.0 Å². The molecular formula is C24H17N3O4. The summed E-state index contributed by atoms with van der Waals surface area (Å²) < 4.78 is 17.5. The molecule has 1 spiro atoms. The number of hydrogen-bond acceptors (Lipinski definition) is 5. The van der Waals surface area contributed by atoms with Gasteiger partial charge >= 0.3 is 0 Å². The van der Waals surface area contributed by atoms with Crippen molar-refractivity contribution in [3.63, 3.8) is 0 Å². The summed E-state index contributed by atoms with van der Waals surface area (Å²) in [6, 6.07) is 14.7. The van der Waals surface area contributed by atoms with E-state index in [2.05, 4.69) is 9.83 Å². The third-order valence-electron chi connectivity index (χ3n) is 6.06. The quantitative estimate of drug-likeness (QED) is 0.603. The first-order chi connectivity index (χ1) is 15.2. The van der Waals surface area contributed by atoms with E-state index >= 15 is 0 Å². The molecule has 1 unspecified atom stereocenters. The van der Waals surface area contributed by atoms with Crippen LogP contribution in [-0.4, -0.2) is 30.7 Å². The molecule has 0 radical (unpaired) electrons. The zero-order valence-electron chi connectivity index (χ0n) is 16.5. The lowest BCUT2D eigenvalue weighted by atomic mass is 9.77. The van der Waals surface area contributed by atoms with Crippen molar-refractivity contribution in [1.29, 1.82) is 0 Å². The summed E-state index contributed by atoms with van der Waals surface area (Å²) >= 11 is 0. The summed E-state index contributed by atoms with van der Waals surface area (Å²) in [6.07, 6.45) is 1.71. The second-order valence-electron chi connectivity index (χ2n) is 7.71. The van der Waals surface area contributed by atoms with E-state index < -0.39 is 5.41 Å². The highest BCUT2D eigenvalue weighted by Crippen LogP contribution is 2.55. The Kier molecular flexibility index (Phi) is 3.71. The smallest absolute Gasteiger partial charge is 0.246 e. The monoisotopic (exact) mass is 411 g/mol. The Morgan fingerprint density at radius 2 is 1.84 bits per heavy atom. The van der Waals surface area contributed by atoms with Crippen LogP contribution in [0.3, 0.4) is 0 Å². The molecule has 1 aromatic heterocycles. The van der Waals surface area contributed by atoms with Gasteiger partial charge in [-0.1, -0.05) is 12.1 Å². The van der Waals surface area contributed by atoms with Crippen LogP contribution in [0.4, 0.5) is 11.4 Å². The molecule has 4 heterocycles. The molecular weight excluding hydrogens is 394 g/mol. The molecule has 2 aromatic carbocycles. The number of anilines is 1. The molecule has 3 aliphatic heterocycles. The second-order valence-corrected chi connectivity index (χ2v) is 7.71. The Morgan fingerprint density at radius 3 is 2.61 bits per heavy atom. The molecule has 0 bridgehead atoms. The molecule has 0 aliphatic carbocycles. The average Bonchev–Trinajstić information content (AvgIpc) is 3.30. The summed E-state index contributed by atoms with van der Waals surface area (Å²) in [6.45, 7) is 8.90. The van der Waals surface area contributed by atoms with Gasteiger partial charge in [-0.2, -0.15) is 0 Å². The molecule has 7 nitrogen and oxygen atoms in total. The molecule has 31 heavy (non-hydrogen) atoms. The maximum atomic E-state index is 14.0. The van der Waals surface area contributed by atoms with Crippen LogP contribution in [0.2, 0.25) is 0 Å². The Labute approximate surface area is 178 Å². The van der Waals surface area contributed by atoms with E-state index in [0.717, 1.165) is 22.5 Å². The lowest BCUT2D eigenvalue weighted by Gasteiger charge is -2.24. The van der Waals surface area contributed by atoms with Crippen molar-refractivity contribution in [2.24, 2.45) is 0 Å². The molecule has 0 saturated carbocycles. The van der Waals surface area contributed by atoms with Gasteiger partial charge in [0.15, 0.2) is 17.2 Å². The van der Waals surface area contributed by atoms with E-state index in [1.807, 2.05) is 30.3 Å². The van der Waals surface area contributed by atoms with Gasteiger partial charge in [0, 0.05) is 23.5 Å². The number of carbonyl (C=O) groups is 1. The minimum atomic E-state index is -1.03. The minimum Gasteiger partial charge on any atom is -0.491 e. The van der Waals surface area contributed by atoms with Crippen LogP contribution in [0, 0.1) is 6.57 Å². The first kappa shape index (κ1) is 17.8.